The lowest BCUT2D eigenvalue weighted by molar-refractivity contribution is -0.432. The van der Waals surface area contributed by atoms with Crippen molar-refractivity contribution < 1.29 is 36.2 Å². The van der Waals surface area contributed by atoms with Crippen LogP contribution in [-0.2, 0) is 19.7 Å². The third-order valence-corrected chi connectivity index (χ3v) is 6.15. The normalized spacial score (nSPS) is 28.3. The highest BCUT2D eigenvalue weighted by Crippen LogP contribution is 2.67. The highest BCUT2D eigenvalue weighted by atomic mass is 19.4. The number of nitrogens with zero attached hydrogens (tertiary/aromatic N) is 3. The van der Waals surface area contributed by atoms with E-state index in [1.54, 1.807) is 0 Å². The van der Waals surface area contributed by atoms with Crippen LogP contribution in [0.2, 0.25) is 0 Å². The van der Waals surface area contributed by atoms with Crippen molar-refractivity contribution in [3.63, 3.8) is 0 Å². The molecule has 4 saturated carbocycles. The molecular formula is C19H18F4N4O4. The molecule has 2 heterocycles. The number of ether oxygens (including phenoxy) is 2. The highest BCUT2D eigenvalue weighted by molar-refractivity contribution is 5.79. The van der Waals surface area contributed by atoms with E-state index in [0.717, 1.165) is 6.20 Å². The molecule has 0 aromatic carbocycles. The summed E-state index contributed by atoms with van der Waals surface area (Å²) < 4.78 is 65.8. The molecule has 4 aliphatic rings. The second-order valence-corrected chi connectivity index (χ2v) is 8.54. The third-order valence-electron chi connectivity index (χ3n) is 6.15. The zero-order chi connectivity index (χ0) is 21.9. The third kappa shape index (κ3) is 3.67. The maximum Gasteiger partial charge on any atom is 0.524 e. The molecular weight excluding hydrogens is 424 g/mol. The van der Waals surface area contributed by atoms with Crippen LogP contribution < -0.4 is 5.32 Å². The highest BCUT2D eigenvalue weighted by Gasteiger charge is 2.71. The smallest absolute Gasteiger partial charge is 0.420 e. The van der Waals surface area contributed by atoms with Gasteiger partial charge in [-0.1, -0.05) is 0 Å². The molecule has 31 heavy (non-hydrogen) atoms. The average molecular weight is 442 g/mol. The minimum Gasteiger partial charge on any atom is -0.420 e. The zero-order valence-corrected chi connectivity index (χ0v) is 16.2. The van der Waals surface area contributed by atoms with Crippen molar-refractivity contribution in [2.75, 3.05) is 6.61 Å². The van der Waals surface area contributed by atoms with Gasteiger partial charge < -0.3 is 14.5 Å². The lowest BCUT2D eigenvalue weighted by Gasteiger charge is -2.68. The van der Waals surface area contributed by atoms with Gasteiger partial charge in [0.05, 0.1) is 17.2 Å². The second kappa shape index (κ2) is 6.70. The summed E-state index contributed by atoms with van der Waals surface area (Å²) in [5, 5.41) is 10.8. The first kappa shape index (κ1) is 20.3. The summed E-state index contributed by atoms with van der Waals surface area (Å²) in [6.45, 7) is -0.512. The molecule has 0 atom stereocenters. The molecule has 0 saturated heterocycles. The minimum absolute atomic E-state index is 0.0916. The molecule has 0 aliphatic heterocycles. The van der Waals surface area contributed by atoms with Crippen LogP contribution in [0.15, 0.2) is 22.9 Å². The van der Waals surface area contributed by atoms with Crippen LogP contribution in [0.3, 0.4) is 0 Å². The summed E-state index contributed by atoms with van der Waals surface area (Å²) in [6.07, 6.45) is 0.102. The first-order valence-corrected chi connectivity index (χ1v) is 9.77. The molecule has 2 aromatic heterocycles. The number of alkyl halides is 3. The van der Waals surface area contributed by atoms with Crippen LogP contribution in [-0.4, -0.2) is 45.4 Å². The van der Waals surface area contributed by atoms with E-state index in [1.807, 2.05) is 0 Å². The molecule has 166 valence electrons. The van der Waals surface area contributed by atoms with Gasteiger partial charge in [0.15, 0.2) is 5.79 Å². The Bertz CT molecular complexity index is 1000. The maximum atomic E-state index is 13.3. The average Bonchev–Trinajstić information content (AvgIpc) is 3.08. The van der Waals surface area contributed by atoms with E-state index >= 15 is 0 Å². The van der Waals surface area contributed by atoms with Crippen molar-refractivity contribution in [1.29, 1.82) is 0 Å². The standard InChI is InChI=1S/C19H18F4N4O4/c20-12-4-11(5-24-6-12)14-26-27-15(30-14)16-8-17(9-16,10-16)25-13(28)7-29-18(2-1-3-18)31-19(21,22)23/h4-6H,1-3,7-10H2,(H,25,28). The summed E-state index contributed by atoms with van der Waals surface area (Å²) in [5.74, 6) is -2.21. The fourth-order valence-electron chi connectivity index (χ4n) is 4.71. The fraction of sp³-hybridized carbons (Fsp3) is 0.579. The van der Waals surface area contributed by atoms with Crippen molar-refractivity contribution >= 4 is 5.91 Å². The monoisotopic (exact) mass is 442 g/mol. The Kier molecular flexibility index (Phi) is 4.39. The number of carbonyl (C=O) groups excluding carboxylic acids is 1. The van der Waals surface area contributed by atoms with Crippen LogP contribution in [0.1, 0.15) is 44.4 Å². The van der Waals surface area contributed by atoms with Gasteiger partial charge in [-0.25, -0.2) is 4.39 Å². The van der Waals surface area contributed by atoms with Gasteiger partial charge in [-0.15, -0.1) is 23.4 Å². The number of amides is 1. The van der Waals surface area contributed by atoms with Gasteiger partial charge in [0.2, 0.25) is 17.7 Å². The van der Waals surface area contributed by atoms with E-state index in [2.05, 4.69) is 25.2 Å². The molecule has 1 amide bonds. The first-order valence-electron chi connectivity index (χ1n) is 9.77. The summed E-state index contributed by atoms with van der Waals surface area (Å²) in [6, 6.07) is 1.24. The quantitative estimate of drug-likeness (QED) is 0.520. The molecule has 0 radical (unpaired) electrons. The number of hydrogen-bond acceptors (Lipinski definition) is 7. The van der Waals surface area contributed by atoms with Crippen molar-refractivity contribution in [2.24, 2.45) is 0 Å². The zero-order valence-electron chi connectivity index (χ0n) is 16.2. The van der Waals surface area contributed by atoms with Crippen LogP contribution in [0.25, 0.3) is 11.5 Å². The van der Waals surface area contributed by atoms with Gasteiger partial charge in [-0.3, -0.25) is 14.5 Å². The van der Waals surface area contributed by atoms with Gasteiger partial charge >= 0.3 is 6.36 Å². The number of hydrogen-bond donors (Lipinski definition) is 1. The number of aromatic nitrogens is 3. The van der Waals surface area contributed by atoms with Crippen LogP contribution in [0.5, 0.6) is 0 Å². The second-order valence-electron chi connectivity index (χ2n) is 8.54. The Morgan fingerprint density at radius 1 is 1.19 bits per heavy atom. The van der Waals surface area contributed by atoms with Gasteiger partial charge in [-0.2, -0.15) is 0 Å². The number of nitrogens with one attached hydrogen (secondary N) is 1. The predicted molar refractivity (Wildman–Crippen MR) is 93.6 cm³/mol. The minimum atomic E-state index is -4.82. The molecule has 8 nitrogen and oxygen atoms in total. The molecule has 0 spiro atoms. The molecule has 6 rings (SSSR count). The van der Waals surface area contributed by atoms with Gasteiger partial charge in [0, 0.05) is 24.6 Å². The van der Waals surface area contributed by atoms with E-state index in [9.17, 15) is 22.4 Å². The summed E-state index contributed by atoms with van der Waals surface area (Å²) in [5.41, 5.74) is -0.432. The summed E-state index contributed by atoms with van der Waals surface area (Å²) in [7, 11) is 0. The topological polar surface area (TPSA) is 99.4 Å². The van der Waals surface area contributed by atoms with Gasteiger partial charge in [0.1, 0.15) is 12.4 Å². The molecule has 2 bridgehead atoms. The van der Waals surface area contributed by atoms with E-state index in [-0.39, 0.29) is 24.1 Å². The van der Waals surface area contributed by atoms with Gasteiger partial charge in [-0.05, 0) is 31.7 Å². The SMILES string of the molecule is O=C(COC1(OC(F)(F)F)CCC1)NC12CC(c3nnc(-c4cncc(F)c4)o3)(C1)C2. The van der Waals surface area contributed by atoms with E-state index in [0.29, 0.717) is 37.1 Å². The lowest BCUT2D eigenvalue weighted by Crippen LogP contribution is -2.77. The van der Waals surface area contributed by atoms with E-state index in [1.165, 1.54) is 12.3 Å². The van der Waals surface area contributed by atoms with Crippen molar-refractivity contribution in [2.45, 2.75) is 61.6 Å². The molecule has 12 heteroatoms. The predicted octanol–water partition coefficient (Wildman–Crippen LogP) is 2.99. The first-order chi connectivity index (χ1) is 14.6. The summed E-state index contributed by atoms with van der Waals surface area (Å²) in [4.78, 5) is 16.0. The van der Waals surface area contributed by atoms with Crippen LogP contribution in [0.4, 0.5) is 17.6 Å². The van der Waals surface area contributed by atoms with Crippen LogP contribution >= 0.6 is 0 Å². The number of rotatable bonds is 7. The molecule has 0 unspecified atom stereocenters. The van der Waals surface area contributed by atoms with E-state index < -0.39 is 36.0 Å². The largest absolute Gasteiger partial charge is 0.524 e. The Hall–Kier alpha value is -2.60. The fourth-order valence-corrected chi connectivity index (χ4v) is 4.71. The van der Waals surface area contributed by atoms with Gasteiger partial charge in [0.25, 0.3) is 0 Å². The Morgan fingerprint density at radius 3 is 2.55 bits per heavy atom. The molecule has 2 aromatic rings. The molecule has 4 aliphatic carbocycles. The lowest BCUT2D eigenvalue weighted by atomic mass is 9.39. The maximum absolute atomic E-state index is 13.3. The summed E-state index contributed by atoms with van der Waals surface area (Å²) >= 11 is 0. The Morgan fingerprint density at radius 2 is 1.94 bits per heavy atom. The number of pyridine rings is 1. The number of halogens is 4. The molecule has 1 N–H and O–H groups in total. The van der Waals surface area contributed by atoms with Crippen molar-refractivity contribution in [3.8, 4) is 11.5 Å². The Labute approximate surface area is 173 Å². The van der Waals surface area contributed by atoms with Crippen molar-refractivity contribution in [3.05, 3.63) is 30.2 Å². The molecule has 4 fully saturated rings. The van der Waals surface area contributed by atoms with Crippen molar-refractivity contribution in [1.82, 2.24) is 20.5 Å². The van der Waals surface area contributed by atoms with Crippen LogP contribution in [0, 0.1) is 5.82 Å². The van der Waals surface area contributed by atoms with E-state index in [4.69, 9.17) is 9.15 Å². The number of carbonyl (C=O) groups is 1. The Balaban J connectivity index is 1.14.